The first kappa shape index (κ1) is 14.4. The third-order valence-electron chi connectivity index (χ3n) is 2.46. The summed E-state index contributed by atoms with van der Waals surface area (Å²) in [6.45, 7) is 8.61. The van der Waals surface area contributed by atoms with Gasteiger partial charge >= 0.3 is 6.09 Å². The highest BCUT2D eigenvalue weighted by molar-refractivity contribution is 8.13. The molecular weight excluding hydrogens is 238 g/mol. The molecular formula is C12H21NO3S. The number of carbonyl (C=O) groups is 2. The second-order valence-electron chi connectivity index (χ2n) is 5.38. The van der Waals surface area contributed by atoms with Crippen LogP contribution in [0.1, 0.15) is 34.1 Å². The summed E-state index contributed by atoms with van der Waals surface area (Å²) >= 11 is 1.34. The molecule has 5 heteroatoms. The van der Waals surface area contributed by atoms with Gasteiger partial charge in [0, 0.05) is 25.8 Å². The molecule has 1 atom stereocenters. The van der Waals surface area contributed by atoms with Crippen molar-refractivity contribution >= 4 is 23.0 Å². The van der Waals surface area contributed by atoms with Gasteiger partial charge in [-0.1, -0.05) is 11.8 Å². The zero-order valence-electron chi connectivity index (χ0n) is 11.0. The Balaban J connectivity index is 2.34. The molecule has 1 amide bonds. The molecule has 0 saturated carbocycles. The molecule has 0 spiro atoms. The van der Waals surface area contributed by atoms with Gasteiger partial charge in [-0.3, -0.25) is 4.79 Å². The van der Waals surface area contributed by atoms with Crippen molar-refractivity contribution in [1.29, 1.82) is 0 Å². The fourth-order valence-electron chi connectivity index (χ4n) is 1.70. The minimum atomic E-state index is -0.441. The molecule has 1 aliphatic rings. The molecule has 1 fully saturated rings. The predicted octanol–water partition coefficient (Wildman–Crippen LogP) is 2.52. The zero-order chi connectivity index (χ0) is 13.1. The Morgan fingerprint density at radius 3 is 2.59 bits per heavy atom. The molecule has 0 bridgehead atoms. The number of thioether (sulfide) groups is 1. The van der Waals surface area contributed by atoms with Crippen molar-refractivity contribution in [1.82, 2.24) is 4.90 Å². The lowest BCUT2D eigenvalue weighted by atomic mass is 10.2. The Labute approximate surface area is 107 Å². The van der Waals surface area contributed by atoms with Crippen molar-refractivity contribution in [2.45, 2.75) is 39.7 Å². The van der Waals surface area contributed by atoms with Crippen molar-refractivity contribution in [3.8, 4) is 0 Å². The number of ether oxygens (including phenoxy) is 1. The summed E-state index contributed by atoms with van der Waals surface area (Å²) in [6, 6.07) is 0. The van der Waals surface area contributed by atoms with Crippen molar-refractivity contribution < 1.29 is 14.3 Å². The highest BCUT2D eigenvalue weighted by Gasteiger charge is 2.29. The fraction of sp³-hybridized carbons (Fsp3) is 0.833. The molecule has 0 aromatic rings. The van der Waals surface area contributed by atoms with Gasteiger partial charge in [0.15, 0.2) is 5.12 Å². The molecule has 0 aromatic carbocycles. The van der Waals surface area contributed by atoms with Gasteiger partial charge in [-0.15, -0.1) is 0 Å². The summed E-state index contributed by atoms with van der Waals surface area (Å²) < 4.78 is 5.31. The number of carbonyl (C=O) groups excluding carboxylic acids is 2. The van der Waals surface area contributed by atoms with E-state index in [0.29, 0.717) is 12.5 Å². The number of hydrogen-bond donors (Lipinski definition) is 0. The van der Waals surface area contributed by atoms with Crippen LogP contribution in [-0.4, -0.2) is 40.6 Å². The highest BCUT2D eigenvalue weighted by Crippen LogP contribution is 2.22. The van der Waals surface area contributed by atoms with E-state index in [-0.39, 0.29) is 11.2 Å². The van der Waals surface area contributed by atoms with E-state index in [1.54, 1.807) is 11.8 Å². The SMILES string of the molecule is CC(=O)SC[C@H]1CCN(C(=O)OC(C)(C)C)C1. The van der Waals surface area contributed by atoms with Crippen molar-refractivity contribution in [2.75, 3.05) is 18.8 Å². The van der Waals surface area contributed by atoms with Crippen molar-refractivity contribution in [2.24, 2.45) is 5.92 Å². The van der Waals surface area contributed by atoms with Crippen LogP contribution in [0.5, 0.6) is 0 Å². The Bertz CT molecular complexity index is 299. The number of rotatable bonds is 2. The molecule has 98 valence electrons. The van der Waals surface area contributed by atoms with E-state index >= 15 is 0 Å². The maximum Gasteiger partial charge on any atom is 0.410 e. The summed E-state index contributed by atoms with van der Waals surface area (Å²) in [4.78, 5) is 24.4. The Morgan fingerprint density at radius 2 is 2.06 bits per heavy atom. The van der Waals surface area contributed by atoms with Gasteiger partial charge in [0.25, 0.3) is 0 Å². The van der Waals surface area contributed by atoms with Crippen LogP contribution in [0.4, 0.5) is 4.79 Å². The summed E-state index contributed by atoms with van der Waals surface area (Å²) in [7, 11) is 0. The molecule has 1 rings (SSSR count). The Kier molecular flexibility index (Phi) is 4.86. The predicted molar refractivity (Wildman–Crippen MR) is 69.1 cm³/mol. The van der Waals surface area contributed by atoms with E-state index in [1.165, 1.54) is 11.8 Å². The van der Waals surface area contributed by atoms with Gasteiger partial charge in [0.05, 0.1) is 0 Å². The van der Waals surface area contributed by atoms with Crippen LogP contribution >= 0.6 is 11.8 Å². The standard InChI is InChI=1S/C12H21NO3S/c1-9(14)17-8-10-5-6-13(7-10)11(15)16-12(2,3)4/h10H,5-8H2,1-4H3/t10-/m0/s1. The molecule has 1 heterocycles. The van der Waals surface area contributed by atoms with Crippen molar-refractivity contribution in [3.05, 3.63) is 0 Å². The van der Waals surface area contributed by atoms with Crippen LogP contribution in [0, 0.1) is 5.92 Å². The molecule has 0 aliphatic carbocycles. The first-order chi connectivity index (χ1) is 7.78. The molecule has 1 saturated heterocycles. The first-order valence-corrected chi connectivity index (χ1v) is 6.88. The third-order valence-corrected chi connectivity index (χ3v) is 3.50. The lowest BCUT2D eigenvalue weighted by Gasteiger charge is -2.24. The lowest BCUT2D eigenvalue weighted by molar-refractivity contribution is -0.109. The van der Waals surface area contributed by atoms with E-state index in [4.69, 9.17) is 4.74 Å². The van der Waals surface area contributed by atoms with Crippen LogP contribution in [0.25, 0.3) is 0 Å². The normalized spacial score (nSPS) is 20.5. The van der Waals surface area contributed by atoms with Gasteiger partial charge in [-0.05, 0) is 33.1 Å². The van der Waals surface area contributed by atoms with E-state index in [2.05, 4.69) is 0 Å². The van der Waals surface area contributed by atoms with Gasteiger partial charge in [-0.25, -0.2) is 4.79 Å². The summed E-state index contributed by atoms with van der Waals surface area (Å²) in [5.74, 6) is 1.21. The molecule has 0 radical (unpaired) electrons. The summed E-state index contributed by atoms with van der Waals surface area (Å²) in [6.07, 6.45) is 0.715. The van der Waals surface area contributed by atoms with Crippen LogP contribution in [0.2, 0.25) is 0 Å². The lowest BCUT2D eigenvalue weighted by Crippen LogP contribution is -2.35. The second-order valence-corrected chi connectivity index (χ2v) is 6.58. The zero-order valence-corrected chi connectivity index (χ0v) is 11.8. The Morgan fingerprint density at radius 1 is 1.41 bits per heavy atom. The van der Waals surface area contributed by atoms with Crippen LogP contribution < -0.4 is 0 Å². The average Bonchev–Trinajstić information content (AvgIpc) is 2.60. The number of hydrogen-bond acceptors (Lipinski definition) is 4. The van der Waals surface area contributed by atoms with E-state index < -0.39 is 5.60 Å². The summed E-state index contributed by atoms with van der Waals surface area (Å²) in [5.41, 5.74) is -0.441. The van der Waals surface area contributed by atoms with Gasteiger partial charge in [-0.2, -0.15) is 0 Å². The molecule has 0 unspecified atom stereocenters. The largest absolute Gasteiger partial charge is 0.444 e. The van der Waals surface area contributed by atoms with Crippen molar-refractivity contribution in [3.63, 3.8) is 0 Å². The van der Waals surface area contributed by atoms with Crippen LogP contribution in [-0.2, 0) is 9.53 Å². The quantitative estimate of drug-likeness (QED) is 0.764. The average molecular weight is 259 g/mol. The number of likely N-dealkylation sites (tertiary alicyclic amines) is 1. The topological polar surface area (TPSA) is 46.6 Å². The van der Waals surface area contributed by atoms with Gasteiger partial charge in [0.2, 0.25) is 0 Å². The minimum absolute atomic E-state index is 0.140. The molecule has 1 aliphatic heterocycles. The number of amides is 1. The monoisotopic (exact) mass is 259 g/mol. The molecule has 0 aromatic heterocycles. The second kappa shape index (κ2) is 5.76. The summed E-state index contributed by atoms with van der Waals surface area (Å²) in [5, 5.41) is 0.140. The minimum Gasteiger partial charge on any atom is -0.444 e. The first-order valence-electron chi connectivity index (χ1n) is 5.89. The van der Waals surface area contributed by atoms with Gasteiger partial charge < -0.3 is 9.64 Å². The molecule has 4 nitrogen and oxygen atoms in total. The smallest absolute Gasteiger partial charge is 0.410 e. The van der Waals surface area contributed by atoms with Crippen LogP contribution in [0.3, 0.4) is 0 Å². The van der Waals surface area contributed by atoms with E-state index in [1.807, 2.05) is 20.8 Å². The third kappa shape index (κ3) is 5.44. The Hall–Kier alpha value is -0.710. The maximum atomic E-state index is 11.8. The van der Waals surface area contributed by atoms with E-state index in [9.17, 15) is 9.59 Å². The van der Waals surface area contributed by atoms with Crippen LogP contribution in [0.15, 0.2) is 0 Å². The maximum absolute atomic E-state index is 11.8. The van der Waals surface area contributed by atoms with Gasteiger partial charge in [0.1, 0.15) is 5.60 Å². The molecule has 17 heavy (non-hydrogen) atoms. The fourth-order valence-corrected chi connectivity index (χ4v) is 2.44. The molecule has 0 N–H and O–H groups in total. The highest BCUT2D eigenvalue weighted by atomic mass is 32.2. The number of nitrogens with zero attached hydrogens (tertiary/aromatic N) is 1. The van der Waals surface area contributed by atoms with E-state index in [0.717, 1.165) is 18.7 Å².